The number of aliphatic hydroxyl groups excluding tert-OH is 1. The van der Waals surface area contributed by atoms with Crippen molar-refractivity contribution < 1.29 is 15.0 Å². The highest BCUT2D eigenvalue weighted by atomic mass is 16.4. The molecule has 17 heavy (non-hydrogen) atoms. The van der Waals surface area contributed by atoms with Crippen molar-refractivity contribution >= 4 is 5.97 Å². The second-order valence-corrected chi connectivity index (χ2v) is 3.57. The van der Waals surface area contributed by atoms with Gasteiger partial charge in [0, 0.05) is 0 Å². The Morgan fingerprint density at radius 2 is 2.00 bits per heavy atom. The normalized spacial score (nSPS) is 10.4. The molecule has 0 radical (unpaired) electrons. The molecule has 6 nitrogen and oxygen atoms in total. The van der Waals surface area contributed by atoms with Crippen molar-refractivity contribution in [1.29, 1.82) is 0 Å². The Morgan fingerprint density at radius 3 is 2.53 bits per heavy atom. The van der Waals surface area contributed by atoms with E-state index >= 15 is 0 Å². The summed E-state index contributed by atoms with van der Waals surface area (Å²) >= 11 is 0. The molecule has 0 fully saturated rings. The van der Waals surface area contributed by atoms with E-state index in [1.807, 2.05) is 0 Å². The smallest absolute Gasteiger partial charge is 0.335 e. The molecule has 0 bridgehead atoms. The number of carbonyl (C=O) groups is 1. The van der Waals surface area contributed by atoms with Gasteiger partial charge in [-0.25, -0.2) is 9.48 Å². The minimum absolute atomic E-state index is 0.141. The number of benzene rings is 1. The van der Waals surface area contributed by atoms with Crippen LogP contribution in [0, 0.1) is 0 Å². The minimum atomic E-state index is -0.945. The van der Waals surface area contributed by atoms with Gasteiger partial charge in [-0.15, -0.1) is 5.10 Å². The molecular formula is C11H11N3O3. The van der Waals surface area contributed by atoms with E-state index in [0.29, 0.717) is 12.2 Å². The summed E-state index contributed by atoms with van der Waals surface area (Å²) in [5.41, 5.74) is 1.68. The van der Waals surface area contributed by atoms with Gasteiger partial charge in [-0.05, 0) is 17.7 Å². The lowest BCUT2D eigenvalue weighted by molar-refractivity contribution is 0.0697. The number of aromatic carboxylic acids is 1. The van der Waals surface area contributed by atoms with Crippen molar-refractivity contribution in [2.45, 2.75) is 13.2 Å². The van der Waals surface area contributed by atoms with Gasteiger partial charge in [-0.1, -0.05) is 17.3 Å². The van der Waals surface area contributed by atoms with Gasteiger partial charge in [-0.3, -0.25) is 0 Å². The Labute approximate surface area is 97.1 Å². The summed E-state index contributed by atoms with van der Waals surface area (Å²) in [4.78, 5) is 10.7. The Bertz CT molecular complexity index is 519. The lowest BCUT2D eigenvalue weighted by Crippen LogP contribution is -2.01. The van der Waals surface area contributed by atoms with Crippen LogP contribution in [0.25, 0.3) is 0 Å². The highest BCUT2D eigenvalue weighted by molar-refractivity contribution is 5.87. The Balaban J connectivity index is 2.10. The van der Waals surface area contributed by atoms with Crippen molar-refractivity contribution in [2.75, 3.05) is 0 Å². The average molecular weight is 233 g/mol. The number of carboxylic acids is 1. The molecule has 0 amide bonds. The van der Waals surface area contributed by atoms with Crippen LogP contribution >= 0.6 is 0 Å². The van der Waals surface area contributed by atoms with Gasteiger partial charge >= 0.3 is 5.97 Å². The van der Waals surface area contributed by atoms with Crippen molar-refractivity contribution in [3.05, 3.63) is 47.3 Å². The molecule has 1 heterocycles. The lowest BCUT2D eigenvalue weighted by atomic mass is 10.1. The van der Waals surface area contributed by atoms with Gasteiger partial charge in [0.25, 0.3) is 0 Å². The van der Waals surface area contributed by atoms with E-state index in [4.69, 9.17) is 10.2 Å². The largest absolute Gasteiger partial charge is 0.478 e. The molecule has 2 aromatic rings. The summed E-state index contributed by atoms with van der Waals surface area (Å²) in [6.45, 7) is 0.352. The van der Waals surface area contributed by atoms with Crippen LogP contribution in [0.2, 0.25) is 0 Å². The van der Waals surface area contributed by atoms with Crippen LogP contribution in [0.15, 0.2) is 30.5 Å². The Kier molecular flexibility index (Phi) is 3.15. The van der Waals surface area contributed by atoms with Crippen LogP contribution in [0.4, 0.5) is 0 Å². The molecule has 1 aromatic heterocycles. The van der Waals surface area contributed by atoms with Gasteiger partial charge in [0.2, 0.25) is 0 Å². The van der Waals surface area contributed by atoms with E-state index < -0.39 is 5.97 Å². The van der Waals surface area contributed by atoms with Gasteiger partial charge in [-0.2, -0.15) is 0 Å². The zero-order valence-corrected chi connectivity index (χ0v) is 8.95. The van der Waals surface area contributed by atoms with Crippen LogP contribution in [-0.4, -0.2) is 31.2 Å². The molecule has 0 unspecified atom stereocenters. The Morgan fingerprint density at radius 1 is 1.29 bits per heavy atom. The van der Waals surface area contributed by atoms with Crippen molar-refractivity contribution in [3.63, 3.8) is 0 Å². The summed E-state index contributed by atoms with van der Waals surface area (Å²) in [5, 5.41) is 25.2. The quantitative estimate of drug-likeness (QED) is 0.803. The summed E-state index contributed by atoms with van der Waals surface area (Å²) in [6.07, 6.45) is 1.64. The highest BCUT2D eigenvalue weighted by Gasteiger charge is 2.03. The van der Waals surface area contributed by atoms with Gasteiger partial charge in [0.1, 0.15) is 5.69 Å². The number of nitrogens with zero attached hydrogens (tertiary/aromatic N) is 3. The molecule has 0 aliphatic rings. The summed E-state index contributed by atoms with van der Waals surface area (Å²) in [5.74, 6) is -0.945. The first-order valence-corrected chi connectivity index (χ1v) is 5.01. The van der Waals surface area contributed by atoms with Crippen LogP contribution in [0.5, 0.6) is 0 Å². The van der Waals surface area contributed by atoms with E-state index in [1.165, 1.54) is 0 Å². The van der Waals surface area contributed by atoms with E-state index in [9.17, 15) is 4.79 Å². The standard InChI is InChI=1S/C11H11N3O3/c15-7-10-6-14(13-12-10)5-8-1-3-9(4-2-8)11(16)17/h1-4,6,15H,5,7H2,(H,16,17). The number of aliphatic hydroxyl groups is 1. The zero-order valence-electron chi connectivity index (χ0n) is 8.95. The zero-order chi connectivity index (χ0) is 12.3. The number of carboxylic acid groups (broad SMARTS) is 1. The lowest BCUT2D eigenvalue weighted by Gasteiger charge is -2.01. The molecule has 0 saturated carbocycles. The SMILES string of the molecule is O=C(O)c1ccc(Cn2cc(CO)nn2)cc1. The molecule has 88 valence electrons. The average Bonchev–Trinajstić information content (AvgIpc) is 2.77. The molecule has 2 rings (SSSR count). The molecule has 2 N–H and O–H groups in total. The molecule has 0 atom stereocenters. The molecule has 1 aromatic carbocycles. The van der Waals surface area contributed by atoms with Crippen LogP contribution < -0.4 is 0 Å². The number of aromatic nitrogens is 3. The topological polar surface area (TPSA) is 88.2 Å². The third-order valence-corrected chi connectivity index (χ3v) is 2.29. The summed E-state index contributed by atoms with van der Waals surface area (Å²) in [7, 11) is 0. The predicted molar refractivity (Wildman–Crippen MR) is 58.4 cm³/mol. The van der Waals surface area contributed by atoms with Crippen LogP contribution in [-0.2, 0) is 13.2 Å². The van der Waals surface area contributed by atoms with E-state index in [-0.39, 0.29) is 12.2 Å². The van der Waals surface area contributed by atoms with E-state index in [2.05, 4.69) is 10.3 Å². The van der Waals surface area contributed by atoms with Crippen LogP contribution in [0.3, 0.4) is 0 Å². The minimum Gasteiger partial charge on any atom is -0.478 e. The number of hydrogen-bond acceptors (Lipinski definition) is 4. The summed E-state index contributed by atoms with van der Waals surface area (Å²) in [6, 6.07) is 6.54. The van der Waals surface area contributed by atoms with E-state index in [1.54, 1.807) is 35.1 Å². The molecule has 0 aliphatic carbocycles. The molecule has 0 spiro atoms. The maximum Gasteiger partial charge on any atom is 0.335 e. The number of rotatable bonds is 4. The fourth-order valence-electron chi connectivity index (χ4n) is 1.43. The first-order chi connectivity index (χ1) is 8.19. The highest BCUT2D eigenvalue weighted by Crippen LogP contribution is 2.06. The fraction of sp³-hybridized carbons (Fsp3) is 0.182. The first kappa shape index (κ1) is 11.3. The van der Waals surface area contributed by atoms with Crippen molar-refractivity contribution in [3.8, 4) is 0 Å². The molecule has 6 heteroatoms. The van der Waals surface area contributed by atoms with Gasteiger partial charge in [0.15, 0.2) is 0 Å². The predicted octanol–water partition coefficient (Wildman–Crippen LogP) is 0.517. The molecule has 0 saturated heterocycles. The number of hydrogen-bond donors (Lipinski definition) is 2. The maximum absolute atomic E-state index is 10.7. The van der Waals surface area contributed by atoms with Gasteiger partial charge in [0.05, 0.1) is 24.9 Å². The summed E-state index contributed by atoms with van der Waals surface area (Å²) < 4.78 is 1.58. The first-order valence-electron chi connectivity index (χ1n) is 5.01. The van der Waals surface area contributed by atoms with Crippen molar-refractivity contribution in [2.24, 2.45) is 0 Å². The second kappa shape index (κ2) is 4.75. The van der Waals surface area contributed by atoms with Crippen LogP contribution in [0.1, 0.15) is 21.6 Å². The monoisotopic (exact) mass is 233 g/mol. The maximum atomic E-state index is 10.7. The third-order valence-electron chi connectivity index (χ3n) is 2.29. The molecule has 0 aliphatic heterocycles. The van der Waals surface area contributed by atoms with E-state index in [0.717, 1.165) is 5.56 Å². The third kappa shape index (κ3) is 2.67. The fourth-order valence-corrected chi connectivity index (χ4v) is 1.43. The molecular weight excluding hydrogens is 222 g/mol. The van der Waals surface area contributed by atoms with Gasteiger partial charge < -0.3 is 10.2 Å². The second-order valence-electron chi connectivity index (χ2n) is 3.57. The Hall–Kier alpha value is -2.21. The van der Waals surface area contributed by atoms with Crippen molar-refractivity contribution in [1.82, 2.24) is 15.0 Å².